The molecule has 0 saturated carbocycles. The van der Waals surface area contributed by atoms with E-state index in [2.05, 4.69) is 67.2 Å². The van der Waals surface area contributed by atoms with Gasteiger partial charge in [-0.1, -0.05) is 45.0 Å². The Morgan fingerprint density at radius 3 is 2.58 bits per heavy atom. The van der Waals surface area contributed by atoms with Gasteiger partial charge in [0.25, 0.3) is 0 Å². The van der Waals surface area contributed by atoms with Crippen molar-refractivity contribution in [2.75, 3.05) is 0 Å². The highest BCUT2D eigenvalue weighted by atomic mass is 15.0. The predicted molar refractivity (Wildman–Crippen MR) is 78.8 cm³/mol. The fraction of sp³-hybridized carbons (Fsp3) is 0.438. The van der Waals surface area contributed by atoms with Crippen molar-refractivity contribution in [1.82, 2.24) is 15.3 Å². The monoisotopic (exact) mass is 257 g/mol. The Balaban J connectivity index is 2.20. The minimum atomic E-state index is 0.151. The van der Waals surface area contributed by atoms with Crippen molar-refractivity contribution in [3.63, 3.8) is 0 Å². The third kappa shape index (κ3) is 3.44. The third-order valence-electron chi connectivity index (χ3n) is 3.39. The third-order valence-corrected chi connectivity index (χ3v) is 3.39. The predicted octanol–water partition coefficient (Wildman–Crippen LogP) is 3.60. The van der Waals surface area contributed by atoms with Crippen molar-refractivity contribution < 1.29 is 0 Å². The topological polar surface area (TPSA) is 40.7 Å². The van der Waals surface area contributed by atoms with Crippen LogP contribution in [0.3, 0.4) is 0 Å². The highest BCUT2D eigenvalue weighted by molar-refractivity contribution is 5.30. The maximum absolute atomic E-state index is 4.27. The van der Waals surface area contributed by atoms with Crippen LogP contribution in [0.15, 0.2) is 36.7 Å². The molecule has 1 aromatic carbocycles. The molecule has 2 N–H and O–H groups in total. The first-order chi connectivity index (χ1) is 8.98. The number of imidazole rings is 1. The summed E-state index contributed by atoms with van der Waals surface area (Å²) < 4.78 is 0. The Bertz CT molecular complexity index is 509. The van der Waals surface area contributed by atoms with E-state index in [0.29, 0.717) is 6.04 Å². The first kappa shape index (κ1) is 13.8. The van der Waals surface area contributed by atoms with Gasteiger partial charge in [-0.15, -0.1) is 0 Å². The SMILES string of the molecule is Cc1ccccc1C(NCc1ncc[nH]1)C(C)(C)C. The van der Waals surface area contributed by atoms with E-state index in [1.54, 1.807) is 6.20 Å². The van der Waals surface area contributed by atoms with Crippen LogP contribution in [-0.2, 0) is 6.54 Å². The number of aromatic nitrogens is 2. The molecule has 3 nitrogen and oxygen atoms in total. The molecular weight excluding hydrogens is 234 g/mol. The van der Waals surface area contributed by atoms with Crippen molar-refractivity contribution in [3.8, 4) is 0 Å². The minimum Gasteiger partial charge on any atom is -0.348 e. The van der Waals surface area contributed by atoms with Gasteiger partial charge in [-0.05, 0) is 23.5 Å². The van der Waals surface area contributed by atoms with E-state index < -0.39 is 0 Å². The van der Waals surface area contributed by atoms with Gasteiger partial charge in [0.2, 0.25) is 0 Å². The highest BCUT2D eigenvalue weighted by Crippen LogP contribution is 2.34. The molecular formula is C16H23N3. The van der Waals surface area contributed by atoms with E-state index in [4.69, 9.17) is 0 Å². The number of aromatic amines is 1. The molecule has 102 valence electrons. The van der Waals surface area contributed by atoms with Crippen LogP contribution in [0.25, 0.3) is 0 Å². The lowest BCUT2D eigenvalue weighted by atomic mass is 9.81. The van der Waals surface area contributed by atoms with E-state index in [1.165, 1.54) is 11.1 Å². The minimum absolute atomic E-state index is 0.151. The summed E-state index contributed by atoms with van der Waals surface area (Å²) in [6, 6.07) is 8.88. The molecule has 0 radical (unpaired) electrons. The van der Waals surface area contributed by atoms with Crippen molar-refractivity contribution in [2.45, 2.75) is 40.3 Å². The Morgan fingerprint density at radius 1 is 1.26 bits per heavy atom. The van der Waals surface area contributed by atoms with E-state index in [1.807, 2.05) is 6.20 Å². The lowest BCUT2D eigenvalue weighted by molar-refractivity contribution is 0.268. The molecule has 0 aliphatic rings. The molecule has 0 bridgehead atoms. The summed E-state index contributed by atoms with van der Waals surface area (Å²) in [7, 11) is 0. The Labute approximate surface area is 115 Å². The molecule has 0 saturated heterocycles. The number of H-pyrrole nitrogens is 1. The van der Waals surface area contributed by atoms with E-state index in [0.717, 1.165) is 12.4 Å². The molecule has 1 unspecified atom stereocenters. The van der Waals surface area contributed by atoms with Crippen LogP contribution in [0.4, 0.5) is 0 Å². The first-order valence-electron chi connectivity index (χ1n) is 6.75. The van der Waals surface area contributed by atoms with Gasteiger partial charge in [-0.2, -0.15) is 0 Å². The maximum Gasteiger partial charge on any atom is 0.120 e. The fourth-order valence-electron chi connectivity index (χ4n) is 2.39. The summed E-state index contributed by atoms with van der Waals surface area (Å²) in [6.07, 6.45) is 3.65. The van der Waals surface area contributed by atoms with Crippen LogP contribution in [0.2, 0.25) is 0 Å². The molecule has 0 aliphatic carbocycles. The van der Waals surface area contributed by atoms with Gasteiger partial charge in [0.1, 0.15) is 5.82 Å². The number of aryl methyl sites for hydroxylation is 1. The quantitative estimate of drug-likeness (QED) is 0.878. The molecule has 2 aromatic rings. The van der Waals surface area contributed by atoms with Crippen LogP contribution in [0, 0.1) is 12.3 Å². The molecule has 3 heteroatoms. The van der Waals surface area contributed by atoms with Crippen LogP contribution >= 0.6 is 0 Å². The van der Waals surface area contributed by atoms with Gasteiger partial charge in [0, 0.05) is 18.4 Å². The second-order valence-electron chi connectivity index (χ2n) is 6.07. The largest absolute Gasteiger partial charge is 0.348 e. The van der Waals surface area contributed by atoms with E-state index >= 15 is 0 Å². The lowest BCUT2D eigenvalue weighted by Gasteiger charge is -2.33. The summed E-state index contributed by atoms with van der Waals surface area (Å²) in [5.74, 6) is 0.975. The van der Waals surface area contributed by atoms with Gasteiger partial charge in [0.05, 0.1) is 6.54 Å². The van der Waals surface area contributed by atoms with E-state index in [9.17, 15) is 0 Å². The summed E-state index contributed by atoms with van der Waals surface area (Å²) >= 11 is 0. The van der Waals surface area contributed by atoms with Crippen molar-refractivity contribution in [2.24, 2.45) is 5.41 Å². The van der Waals surface area contributed by atoms with Crippen molar-refractivity contribution >= 4 is 0 Å². The van der Waals surface area contributed by atoms with Gasteiger partial charge in [-0.3, -0.25) is 0 Å². The Morgan fingerprint density at radius 2 is 2.00 bits per heavy atom. The first-order valence-corrected chi connectivity index (χ1v) is 6.75. The van der Waals surface area contributed by atoms with Gasteiger partial charge in [-0.25, -0.2) is 4.98 Å². The zero-order valence-electron chi connectivity index (χ0n) is 12.2. The Kier molecular flexibility index (Phi) is 4.05. The molecule has 1 heterocycles. The summed E-state index contributed by atoms with van der Waals surface area (Å²) in [5.41, 5.74) is 2.84. The lowest BCUT2D eigenvalue weighted by Crippen LogP contribution is -2.32. The van der Waals surface area contributed by atoms with E-state index in [-0.39, 0.29) is 5.41 Å². The Hall–Kier alpha value is -1.61. The standard InChI is InChI=1S/C16H23N3/c1-12-7-5-6-8-13(12)15(16(2,3)4)19-11-14-17-9-10-18-14/h5-10,15,19H,11H2,1-4H3,(H,17,18). The van der Waals surface area contributed by atoms with Gasteiger partial charge >= 0.3 is 0 Å². The number of hydrogen-bond acceptors (Lipinski definition) is 2. The molecule has 0 amide bonds. The van der Waals surface area contributed by atoms with Crippen LogP contribution in [-0.4, -0.2) is 9.97 Å². The molecule has 0 aliphatic heterocycles. The second kappa shape index (κ2) is 5.57. The molecule has 0 fully saturated rings. The zero-order chi connectivity index (χ0) is 13.9. The average molecular weight is 257 g/mol. The summed E-state index contributed by atoms with van der Waals surface area (Å²) in [5, 5.41) is 3.63. The van der Waals surface area contributed by atoms with Crippen molar-refractivity contribution in [3.05, 3.63) is 53.6 Å². The number of hydrogen-bond donors (Lipinski definition) is 2. The average Bonchev–Trinajstić information content (AvgIpc) is 2.83. The number of nitrogens with one attached hydrogen (secondary N) is 2. The number of benzene rings is 1. The van der Waals surface area contributed by atoms with Crippen LogP contribution < -0.4 is 5.32 Å². The summed E-state index contributed by atoms with van der Waals surface area (Å²) in [4.78, 5) is 7.40. The molecule has 0 spiro atoms. The van der Waals surface area contributed by atoms with Gasteiger partial charge < -0.3 is 10.3 Å². The smallest absolute Gasteiger partial charge is 0.120 e. The molecule has 1 aromatic heterocycles. The summed E-state index contributed by atoms with van der Waals surface area (Å²) in [6.45, 7) is 9.71. The second-order valence-corrected chi connectivity index (χ2v) is 6.07. The number of rotatable bonds is 4. The zero-order valence-corrected chi connectivity index (χ0v) is 12.2. The molecule has 1 atom stereocenters. The van der Waals surface area contributed by atoms with Crippen molar-refractivity contribution in [1.29, 1.82) is 0 Å². The fourth-order valence-corrected chi connectivity index (χ4v) is 2.39. The molecule has 2 rings (SSSR count). The highest BCUT2D eigenvalue weighted by Gasteiger charge is 2.26. The van der Waals surface area contributed by atoms with Crippen LogP contribution in [0.5, 0.6) is 0 Å². The maximum atomic E-state index is 4.27. The number of nitrogens with zero attached hydrogens (tertiary/aromatic N) is 1. The van der Waals surface area contributed by atoms with Gasteiger partial charge in [0.15, 0.2) is 0 Å². The van der Waals surface area contributed by atoms with Crippen LogP contribution in [0.1, 0.15) is 43.8 Å². The molecule has 19 heavy (non-hydrogen) atoms. The normalized spacial score (nSPS) is 13.5.